The van der Waals surface area contributed by atoms with Gasteiger partial charge < -0.3 is 10.2 Å². The third-order valence-corrected chi connectivity index (χ3v) is 2.03. The first-order valence-corrected chi connectivity index (χ1v) is 3.06. The van der Waals surface area contributed by atoms with Gasteiger partial charge in [0, 0.05) is 0 Å². The Morgan fingerprint density at radius 2 is 1.33 bits per heavy atom. The Balaban J connectivity index is 0. The number of hydrogen-bond acceptors (Lipinski definition) is 2. The van der Waals surface area contributed by atoms with E-state index >= 15 is 0 Å². The molecule has 0 atom stereocenters. The lowest BCUT2D eigenvalue weighted by atomic mass is 9.69. The summed E-state index contributed by atoms with van der Waals surface area (Å²) in [6.45, 7) is 0. The fraction of sp³-hybridized carbons (Fsp3) is 0.667. The molecule has 1 aliphatic rings. The number of rotatable bonds is 2. The fourth-order valence-electron chi connectivity index (χ4n) is 1.05. The van der Waals surface area contributed by atoms with Gasteiger partial charge >= 0.3 is 11.9 Å². The molecule has 1 aliphatic carbocycles. The Kier molecular flexibility index (Phi) is 5.78. The van der Waals surface area contributed by atoms with Crippen molar-refractivity contribution >= 4 is 45.9 Å². The van der Waals surface area contributed by atoms with Crippen LogP contribution in [0.3, 0.4) is 0 Å². The molecule has 0 bridgehead atoms. The van der Waals surface area contributed by atoms with Gasteiger partial charge in [0.1, 0.15) is 0 Å². The maximum atomic E-state index is 10.4. The summed E-state index contributed by atoms with van der Waals surface area (Å²) in [5.41, 5.74) is -1.44. The first-order chi connectivity index (χ1) is 4.59. The van der Waals surface area contributed by atoms with Gasteiger partial charge in [-0.3, -0.25) is 9.59 Å². The standard InChI is InChI=1S/C6H8O4.2BrH/c7-4(8)6(5(9)10)2-1-3-6;;/h1-3H2,(H,7,8)(H,9,10);2*1H. The highest BCUT2D eigenvalue weighted by Gasteiger charge is 2.51. The minimum Gasteiger partial charge on any atom is -0.480 e. The summed E-state index contributed by atoms with van der Waals surface area (Å²) in [6.07, 6.45) is 1.26. The van der Waals surface area contributed by atoms with Crippen LogP contribution in [-0.4, -0.2) is 22.2 Å². The van der Waals surface area contributed by atoms with Crippen LogP contribution in [-0.2, 0) is 9.59 Å². The van der Waals surface area contributed by atoms with Gasteiger partial charge in [-0.1, -0.05) is 0 Å². The topological polar surface area (TPSA) is 74.6 Å². The van der Waals surface area contributed by atoms with Gasteiger partial charge in [-0.15, -0.1) is 34.0 Å². The third kappa shape index (κ3) is 1.98. The molecule has 0 radical (unpaired) electrons. The predicted octanol–water partition coefficient (Wildman–Crippen LogP) is 1.48. The van der Waals surface area contributed by atoms with Crippen LogP contribution < -0.4 is 0 Å². The first-order valence-electron chi connectivity index (χ1n) is 3.06. The summed E-state index contributed by atoms with van der Waals surface area (Å²) in [6, 6.07) is 0. The van der Waals surface area contributed by atoms with Crippen LogP contribution in [0, 0.1) is 5.41 Å². The molecule has 0 aromatic rings. The van der Waals surface area contributed by atoms with Crippen molar-refractivity contribution in [1.29, 1.82) is 0 Å². The van der Waals surface area contributed by atoms with Crippen molar-refractivity contribution in [2.24, 2.45) is 5.41 Å². The molecule has 6 heteroatoms. The molecular weight excluding hydrogens is 296 g/mol. The van der Waals surface area contributed by atoms with E-state index in [-0.39, 0.29) is 46.8 Å². The molecule has 0 unspecified atom stereocenters. The Morgan fingerprint density at radius 1 is 1.00 bits per heavy atom. The summed E-state index contributed by atoms with van der Waals surface area (Å²) in [7, 11) is 0. The zero-order valence-electron chi connectivity index (χ0n) is 6.15. The molecule has 0 aromatic carbocycles. The molecule has 0 heterocycles. The van der Waals surface area contributed by atoms with Crippen LogP contribution in [0.4, 0.5) is 0 Å². The Labute approximate surface area is 90.5 Å². The second-order valence-corrected chi connectivity index (χ2v) is 2.55. The highest BCUT2D eigenvalue weighted by atomic mass is 79.9. The minimum atomic E-state index is -1.44. The number of hydrogen-bond donors (Lipinski definition) is 2. The third-order valence-electron chi connectivity index (χ3n) is 2.03. The molecule has 0 amide bonds. The summed E-state index contributed by atoms with van der Waals surface area (Å²) >= 11 is 0. The molecule has 72 valence electrons. The van der Waals surface area contributed by atoms with E-state index in [1.165, 1.54) is 0 Å². The molecule has 0 spiro atoms. The van der Waals surface area contributed by atoms with Crippen molar-refractivity contribution in [2.75, 3.05) is 0 Å². The molecule has 1 rings (SSSR count). The van der Waals surface area contributed by atoms with Crippen molar-refractivity contribution in [3.8, 4) is 0 Å². The molecule has 0 aliphatic heterocycles. The largest absolute Gasteiger partial charge is 0.480 e. The highest BCUT2D eigenvalue weighted by molar-refractivity contribution is 8.93. The number of halogens is 2. The van der Waals surface area contributed by atoms with Gasteiger partial charge in [0.25, 0.3) is 0 Å². The van der Waals surface area contributed by atoms with E-state index in [1.807, 2.05) is 0 Å². The van der Waals surface area contributed by atoms with E-state index < -0.39 is 17.4 Å². The van der Waals surface area contributed by atoms with Crippen molar-refractivity contribution in [1.82, 2.24) is 0 Å². The van der Waals surface area contributed by atoms with E-state index in [0.717, 1.165) is 0 Å². The van der Waals surface area contributed by atoms with Crippen molar-refractivity contribution < 1.29 is 19.8 Å². The zero-order chi connectivity index (χ0) is 7.78. The van der Waals surface area contributed by atoms with Crippen LogP contribution >= 0.6 is 34.0 Å². The van der Waals surface area contributed by atoms with Crippen molar-refractivity contribution in [3.63, 3.8) is 0 Å². The summed E-state index contributed by atoms with van der Waals surface area (Å²) in [5.74, 6) is -2.41. The summed E-state index contributed by atoms with van der Waals surface area (Å²) in [4.78, 5) is 20.7. The molecule has 12 heavy (non-hydrogen) atoms. The average molecular weight is 306 g/mol. The average Bonchev–Trinajstić information content (AvgIpc) is 1.57. The fourth-order valence-corrected chi connectivity index (χ4v) is 1.05. The quantitative estimate of drug-likeness (QED) is 0.758. The second kappa shape index (κ2) is 4.81. The molecule has 0 aromatic heterocycles. The number of carbonyl (C=O) groups is 2. The number of carboxylic acid groups (broad SMARTS) is 2. The molecule has 1 saturated carbocycles. The Morgan fingerprint density at radius 3 is 1.33 bits per heavy atom. The van der Waals surface area contributed by atoms with Crippen molar-refractivity contribution in [2.45, 2.75) is 19.3 Å². The SMILES string of the molecule is Br.Br.O=C(O)C1(C(=O)O)CCC1. The maximum absolute atomic E-state index is 10.4. The van der Waals surface area contributed by atoms with E-state index in [4.69, 9.17) is 10.2 Å². The van der Waals surface area contributed by atoms with Gasteiger partial charge in [0.2, 0.25) is 0 Å². The molecular formula is C6H10Br2O4. The summed E-state index contributed by atoms with van der Waals surface area (Å²) < 4.78 is 0. The first kappa shape index (κ1) is 14.4. The smallest absolute Gasteiger partial charge is 0.321 e. The van der Waals surface area contributed by atoms with Crippen LogP contribution in [0.25, 0.3) is 0 Å². The number of carboxylic acids is 2. The minimum absolute atomic E-state index is 0. The lowest BCUT2D eigenvalue weighted by Crippen LogP contribution is -2.44. The van der Waals surface area contributed by atoms with E-state index in [1.54, 1.807) is 0 Å². The van der Waals surface area contributed by atoms with Crippen molar-refractivity contribution in [3.05, 3.63) is 0 Å². The van der Waals surface area contributed by atoms with Crippen LogP contribution in [0.2, 0.25) is 0 Å². The number of aliphatic carboxylic acids is 2. The lowest BCUT2D eigenvalue weighted by Gasteiger charge is -2.32. The van der Waals surface area contributed by atoms with E-state index in [2.05, 4.69) is 0 Å². The highest BCUT2D eigenvalue weighted by Crippen LogP contribution is 2.41. The lowest BCUT2D eigenvalue weighted by molar-refractivity contribution is -0.171. The molecule has 0 saturated heterocycles. The predicted molar refractivity (Wildman–Crippen MR) is 52.2 cm³/mol. The van der Waals surface area contributed by atoms with Gasteiger partial charge in [-0.2, -0.15) is 0 Å². The normalized spacial score (nSPS) is 17.7. The summed E-state index contributed by atoms with van der Waals surface area (Å²) in [5, 5.41) is 16.9. The van der Waals surface area contributed by atoms with Gasteiger partial charge in [0.05, 0.1) is 0 Å². The molecule has 4 nitrogen and oxygen atoms in total. The van der Waals surface area contributed by atoms with E-state index in [0.29, 0.717) is 6.42 Å². The Hall–Kier alpha value is -0.100. The monoisotopic (exact) mass is 304 g/mol. The maximum Gasteiger partial charge on any atom is 0.321 e. The second-order valence-electron chi connectivity index (χ2n) is 2.55. The zero-order valence-corrected chi connectivity index (χ0v) is 9.57. The van der Waals surface area contributed by atoms with Gasteiger partial charge in [-0.25, -0.2) is 0 Å². The molecule has 1 fully saturated rings. The van der Waals surface area contributed by atoms with Gasteiger partial charge in [0.15, 0.2) is 5.41 Å². The van der Waals surface area contributed by atoms with Gasteiger partial charge in [-0.05, 0) is 19.3 Å². The molecule has 2 N–H and O–H groups in total. The van der Waals surface area contributed by atoms with Crippen LogP contribution in [0.1, 0.15) is 19.3 Å². The van der Waals surface area contributed by atoms with Crippen LogP contribution in [0.5, 0.6) is 0 Å². The van der Waals surface area contributed by atoms with Crippen LogP contribution in [0.15, 0.2) is 0 Å². The Bertz CT molecular complexity index is 172. The van der Waals surface area contributed by atoms with E-state index in [9.17, 15) is 9.59 Å².